The molecule has 0 aromatic heterocycles. The summed E-state index contributed by atoms with van der Waals surface area (Å²) in [4.78, 5) is 0. The zero-order valence-electron chi connectivity index (χ0n) is 10.6. The molecule has 1 rings (SSSR count). The Morgan fingerprint density at radius 1 is 1.68 bits per heavy atom. The van der Waals surface area contributed by atoms with E-state index in [1.54, 1.807) is 13.2 Å². The Morgan fingerprint density at radius 3 is 2.84 bits per heavy atom. The van der Waals surface area contributed by atoms with Crippen molar-refractivity contribution in [2.75, 3.05) is 13.7 Å². The average molecular weight is 356 g/mol. The molecule has 1 heterocycles. The Bertz CT molecular complexity index is 343. The van der Waals surface area contributed by atoms with Crippen molar-refractivity contribution < 1.29 is 18.5 Å². The Morgan fingerprint density at radius 2 is 2.37 bits per heavy atom. The van der Waals surface area contributed by atoms with Gasteiger partial charge in [-0.1, -0.05) is 15.5 Å². The van der Waals surface area contributed by atoms with Crippen LogP contribution >= 0.6 is 42.8 Å². The highest BCUT2D eigenvalue weighted by Gasteiger charge is 2.55. The third-order valence-electron chi connectivity index (χ3n) is 2.77. The highest BCUT2D eigenvalue weighted by Crippen LogP contribution is 2.69. The summed E-state index contributed by atoms with van der Waals surface area (Å²) in [5.74, 6) is 0. The van der Waals surface area contributed by atoms with Gasteiger partial charge in [-0.25, -0.2) is 0 Å². The third kappa shape index (κ3) is 4.28. The van der Waals surface area contributed by atoms with Crippen molar-refractivity contribution in [2.24, 2.45) is 0 Å². The summed E-state index contributed by atoms with van der Waals surface area (Å²) in [6, 6.07) is -0.649. The van der Waals surface area contributed by atoms with E-state index in [2.05, 4.69) is 39.6 Å². The van der Waals surface area contributed by atoms with E-state index >= 15 is 0 Å². The van der Waals surface area contributed by atoms with Gasteiger partial charge in [0.05, 0.1) is 20.1 Å². The molecule has 1 aliphatic heterocycles. The lowest BCUT2D eigenvalue weighted by Crippen LogP contribution is -2.49. The summed E-state index contributed by atoms with van der Waals surface area (Å²) < 4.78 is 22.4. The van der Waals surface area contributed by atoms with E-state index in [9.17, 15) is 0 Å². The largest absolute Gasteiger partial charge is 0.376 e. The van der Waals surface area contributed by atoms with E-state index in [-0.39, 0.29) is 12.2 Å². The third-order valence-corrected chi connectivity index (χ3v) is 11.4. The van der Waals surface area contributed by atoms with Gasteiger partial charge < -0.3 is 18.5 Å². The lowest BCUT2D eigenvalue weighted by Gasteiger charge is -2.35. The Balaban J connectivity index is 3.07. The molecule has 9 atom stereocenters. The summed E-state index contributed by atoms with van der Waals surface area (Å²) in [6.45, 7) is 3.96. The van der Waals surface area contributed by atoms with Crippen LogP contribution in [0.4, 0.5) is 0 Å². The van der Waals surface area contributed by atoms with Crippen molar-refractivity contribution in [2.45, 2.75) is 23.8 Å². The monoisotopic (exact) mass is 356 g/mol. The van der Waals surface area contributed by atoms with Crippen molar-refractivity contribution in [3.63, 3.8) is 0 Å². The normalized spacial score (nSPS) is 36.5. The summed E-state index contributed by atoms with van der Waals surface area (Å²) >= 11 is 0. The molecule has 0 spiro atoms. The lowest BCUT2D eigenvalue weighted by molar-refractivity contribution is -0.0354. The predicted octanol–water partition coefficient (Wildman–Crippen LogP) is 2.37. The Hall–Kier alpha value is 1.57. The minimum absolute atomic E-state index is 0.302. The van der Waals surface area contributed by atoms with Gasteiger partial charge in [-0.2, -0.15) is 0 Å². The molecule has 1 aliphatic rings. The second-order valence-corrected chi connectivity index (χ2v) is 12.6. The number of methoxy groups -OCH3 is 1. The van der Waals surface area contributed by atoms with Crippen LogP contribution in [0.2, 0.25) is 0 Å². The SMILES string of the molecule is [B][C@@H]1O[C@H](COP)C(OC)[C@@]1(C=C=C)OP(P)PP. The lowest BCUT2D eigenvalue weighted by atomic mass is 9.80. The van der Waals surface area contributed by atoms with Crippen LogP contribution in [0, 0.1) is 0 Å². The van der Waals surface area contributed by atoms with Gasteiger partial charge in [-0.05, 0) is 14.0 Å². The molecule has 1 fully saturated rings. The molecule has 0 aromatic carbocycles. The van der Waals surface area contributed by atoms with Gasteiger partial charge in [0, 0.05) is 16.6 Å². The molecule has 19 heavy (non-hydrogen) atoms. The molecule has 2 radical (unpaired) electrons. The van der Waals surface area contributed by atoms with E-state index in [1.807, 2.05) is 0 Å². The minimum atomic E-state index is -0.888. The number of hydrogen-bond acceptors (Lipinski definition) is 4. The Kier molecular flexibility index (Phi) is 8.71. The zero-order valence-corrected chi connectivity index (χ0v) is 16.0. The van der Waals surface area contributed by atoms with Crippen LogP contribution in [-0.4, -0.2) is 45.4 Å². The van der Waals surface area contributed by atoms with Crippen molar-refractivity contribution in [1.29, 1.82) is 0 Å². The smallest absolute Gasteiger partial charge is 0.145 e. The topological polar surface area (TPSA) is 36.9 Å². The Labute approximate surface area is 125 Å². The quantitative estimate of drug-likeness (QED) is 0.399. The average Bonchev–Trinajstić information content (AvgIpc) is 2.62. The maximum absolute atomic E-state index is 6.10. The first kappa shape index (κ1) is 18.6. The summed E-state index contributed by atoms with van der Waals surface area (Å²) in [6.07, 6.45) is 1.02. The first-order chi connectivity index (χ1) is 9.05. The molecule has 1 saturated heterocycles. The maximum Gasteiger partial charge on any atom is 0.145 e. The molecule has 0 saturated carbocycles. The van der Waals surface area contributed by atoms with Gasteiger partial charge in [0.2, 0.25) is 0 Å². The standard InChI is InChI=1S/C9H18BO4P5/c1-3-4-9(14-19(17)18-16)7(11-2)6(5-12-15)13-8(9)10/h4,6-8,18H,1,5,15-17H2,2H3/t6-,7?,8-,9-,19?/m1/s1. The second kappa shape index (κ2) is 8.88. The van der Waals surface area contributed by atoms with Crippen LogP contribution in [-0.2, 0) is 18.5 Å². The van der Waals surface area contributed by atoms with Gasteiger partial charge >= 0.3 is 0 Å². The van der Waals surface area contributed by atoms with Crippen molar-refractivity contribution >= 4 is 50.7 Å². The molecule has 4 nitrogen and oxygen atoms in total. The van der Waals surface area contributed by atoms with Crippen LogP contribution in [0.1, 0.15) is 0 Å². The molecule has 0 bridgehead atoms. The van der Waals surface area contributed by atoms with Crippen LogP contribution in [0.5, 0.6) is 0 Å². The molecule has 0 aromatic rings. The fourth-order valence-electron chi connectivity index (χ4n) is 2.03. The van der Waals surface area contributed by atoms with E-state index < -0.39 is 19.1 Å². The first-order valence-electron chi connectivity index (χ1n) is 5.38. The molecule has 0 aliphatic carbocycles. The van der Waals surface area contributed by atoms with Gasteiger partial charge in [0.25, 0.3) is 0 Å². The number of hydrogen-bond donors (Lipinski definition) is 0. The minimum Gasteiger partial charge on any atom is -0.376 e. The van der Waals surface area contributed by atoms with Crippen LogP contribution in [0.25, 0.3) is 0 Å². The first-order valence-corrected chi connectivity index (χ1v) is 12.4. The van der Waals surface area contributed by atoms with Crippen LogP contribution in [0.15, 0.2) is 18.4 Å². The van der Waals surface area contributed by atoms with Gasteiger partial charge in [0.1, 0.15) is 25.7 Å². The molecular weight excluding hydrogens is 338 g/mol. The van der Waals surface area contributed by atoms with Crippen molar-refractivity contribution in [1.82, 2.24) is 0 Å². The van der Waals surface area contributed by atoms with Crippen molar-refractivity contribution in [3.8, 4) is 0 Å². The fraction of sp³-hybridized carbons (Fsp3) is 0.667. The molecule has 106 valence electrons. The summed E-state index contributed by atoms with van der Waals surface area (Å²) in [5.41, 5.74) is 1.86. The molecule has 10 heteroatoms. The molecule has 0 N–H and O–H groups in total. The van der Waals surface area contributed by atoms with E-state index in [4.69, 9.17) is 26.4 Å². The molecular formula is C9H18BO4P5. The van der Waals surface area contributed by atoms with E-state index in [1.165, 1.54) is 0 Å². The van der Waals surface area contributed by atoms with E-state index in [0.717, 1.165) is 0 Å². The zero-order chi connectivity index (χ0) is 14.5. The summed E-state index contributed by atoms with van der Waals surface area (Å²) in [7, 11) is 15.1. The predicted molar refractivity (Wildman–Crippen MR) is 93.1 cm³/mol. The number of rotatable bonds is 7. The second-order valence-electron chi connectivity index (χ2n) is 3.83. The van der Waals surface area contributed by atoms with E-state index in [0.29, 0.717) is 14.6 Å². The van der Waals surface area contributed by atoms with Crippen molar-refractivity contribution in [3.05, 3.63) is 18.4 Å². The summed E-state index contributed by atoms with van der Waals surface area (Å²) in [5, 5.41) is 0. The van der Waals surface area contributed by atoms with Crippen LogP contribution in [0.3, 0.4) is 0 Å². The number of ether oxygens (including phenoxy) is 2. The molecule has 0 amide bonds. The van der Waals surface area contributed by atoms with Gasteiger partial charge in [-0.15, -0.1) is 14.7 Å². The van der Waals surface area contributed by atoms with Gasteiger partial charge in [0.15, 0.2) is 0 Å². The highest BCUT2D eigenvalue weighted by atomic mass is 32.6. The van der Waals surface area contributed by atoms with Crippen LogP contribution < -0.4 is 0 Å². The maximum atomic E-state index is 6.10. The van der Waals surface area contributed by atoms with Gasteiger partial charge in [-0.3, -0.25) is 0 Å². The molecule has 6 unspecified atom stereocenters. The highest BCUT2D eigenvalue weighted by molar-refractivity contribution is 8.59. The fourth-order valence-corrected chi connectivity index (χ4v) is 4.52.